The maximum Gasteiger partial charge on any atom is 0.0745 e. The Morgan fingerprint density at radius 3 is 1.38 bits per heavy atom. The Hall–Kier alpha value is -1.56. The van der Waals surface area contributed by atoms with Gasteiger partial charge in [-0.15, -0.1) is 0 Å². The standard InChI is InChI=1S/C25H32N2P2/c1-21(2)27(29(26-25(3,4)5)24-19-13-8-14-20-24)28(22-15-9-6-10-16-22)23-17-11-7-12-18-23/h6-21,26H,1-5H3. The van der Waals surface area contributed by atoms with Crippen molar-refractivity contribution in [1.82, 2.24) is 9.53 Å². The third-order valence-corrected chi connectivity index (χ3v) is 10.4. The molecule has 0 aromatic heterocycles. The van der Waals surface area contributed by atoms with Gasteiger partial charge in [0.15, 0.2) is 0 Å². The van der Waals surface area contributed by atoms with E-state index in [0.717, 1.165) is 0 Å². The van der Waals surface area contributed by atoms with E-state index in [1.807, 2.05) is 0 Å². The minimum atomic E-state index is -0.721. The largest absolute Gasteiger partial charge is 0.275 e. The fourth-order valence-corrected chi connectivity index (χ4v) is 9.14. The number of hydrogen-bond acceptors (Lipinski definition) is 2. The van der Waals surface area contributed by atoms with Crippen LogP contribution in [0.25, 0.3) is 0 Å². The van der Waals surface area contributed by atoms with E-state index < -0.39 is 16.3 Å². The van der Waals surface area contributed by atoms with Gasteiger partial charge in [0, 0.05) is 25.0 Å². The van der Waals surface area contributed by atoms with Crippen LogP contribution in [0.5, 0.6) is 0 Å². The molecule has 0 aliphatic rings. The number of hydrogen-bond donors (Lipinski definition) is 1. The number of benzene rings is 3. The van der Waals surface area contributed by atoms with E-state index in [9.17, 15) is 0 Å². The van der Waals surface area contributed by atoms with Gasteiger partial charge in [0.1, 0.15) is 0 Å². The van der Waals surface area contributed by atoms with Crippen molar-refractivity contribution in [2.24, 2.45) is 0 Å². The van der Waals surface area contributed by atoms with Crippen LogP contribution in [0.15, 0.2) is 91.0 Å². The molecule has 0 spiro atoms. The molecule has 152 valence electrons. The van der Waals surface area contributed by atoms with Gasteiger partial charge in [-0.25, -0.2) is 4.44 Å². The zero-order chi connectivity index (χ0) is 20.9. The summed E-state index contributed by atoms with van der Waals surface area (Å²) < 4.78 is 2.73. The first kappa shape index (κ1) is 22.1. The molecule has 29 heavy (non-hydrogen) atoms. The van der Waals surface area contributed by atoms with E-state index in [4.69, 9.17) is 0 Å². The van der Waals surface area contributed by atoms with Crippen molar-refractivity contribution in [3.8, 4) is 0 Å². The highest BCUT2D eigenvalue weighted by Crippen LogP contribution is 2.55. The van der Waals surface area contributed by atoms with Gasteiger partial charge in [-0.05, 0) is 45.2 Å². The topological polar surface area (TPSA) is 15.3 Å². The van der Waals surface area contributed by atoms with E-state index in [1.54, 1.807) is 0 Å². The zero-order valence-electron chi connectivity index (χ0n) is 18.1. The Kier molecular flexibility index (Phi) is 7.60. The van der Waals surface area contributed by atoms with Crippen molar-refractivity contribution in [2.75, 3.05) is 0 Å². The molecular weight excluding hydrogens is 390 g/mol. The van der Waals surface area contributed by atoms with Crippen molar-refractivity contribution in [3.63, 3.8) is 0 Å². The van der Waals surface area contributed by atoms with Gasteiger partial charge < -0.3 is 0 Å². The lowest BCUT2D eigenvalue weighted by Gasteiger charge is -2.44. The maximum absolute atomic E-state index is 3.98. The normalized spacial score (nSPS) is 13.2. The molecule has 2 nitrogen and oxygen atoms in total. The van der Waals surface area contributed by atoms with Crippen molar-refractivity contribution >= 4 is 32.2 Å². The molecule has 3 aromatic carbocycles. The molecule has 0 radical (unpaired) electrons. The van der Waals surface area contributed by atoms with Crippen molar-refractivity contribution in [2.45, 2.75) is 46.2 Å². The van der Waals surface area contributed by atoms with Crippen molar-refractivity contribution in [1.29, 1.82) is 0 Å². The molecular formula is C25H32N2P2. The van der Waals surface area contributed by atoms with E-state index in [1.165, 1.54) is 15.9 Å². The minimum absolute atomic E-state index is 0.0169. The third-order valence-electron chi connectivity index (χ3n) is 4.32. The van der Waals surface area contributed by atoms with Crippen LogP contribution in [-0.2, 0) is 0 Å². The first-order valence-corrected chi connectivity index (χ1v) is 12.8. The number of nitrogens with one attached hydrogen (secondary N) is 1. The molecule has 0 heterocycles. The van der Waals surface area contributed by atoms with E-state index in [2.05, 4.69) is 135 Å². The van der Waals surface area contributed by atoms with Crippen molar-refractivity contribution < 1.29 is 0 Å². The third kappa shape index (κ3) is 5.97. The monoisotopic (exact) mass is 422 g/mol. The fourth-order valence-electron chi connectivity index (χ4n) is 3.20. The van der Waals surface area contributed by atoms with Gasteiger partial charge in [-0.2, -0.15) is 0 Å². The van der Waals surface area contributed by atoms with Crippen LogP contribution in [0.2, 0.25) is 0 Å². The molecule has 0 aliphatic heterocycles. The summed E-state index contributed by atoms with van der Waals surface area (Å²) in [5.41, 5.74) is 0.0169. The molecule has 0 aliphatic carbocycles. The molecule has 1 unspecified atom stereocenters. The average molecular weight is 422 g/mol. The van der Waals surface area contributed by atoms with Crippen LogP contribution >= 0.6 is 16.3 Å². The lowest BCUT2D eigenvalue weighted by atomic mass is 10.1. The first-order valence-electron chi connectivity index (χ1n) is 10.2. The second-order valence-electron chi connectivity index (χ2n) is 8.41. The predicted octanol–water partition coefficient (Wildman–Crippen LogP) is 5.77. The summed E-state index contributed by atoms with van der Waals surface area (Å²) in [5.74, 6) is 0. The van der Waals surface area contributed by atoms with Gasteiger partial charge in [-0.1, -0.05) is 91.0 Å². The highest BCUT2D eigenvalue weighted by atomic mass is 31.2. The molecule has 3 aromatic rings. The fraction of sp³-hybridized carbons (Fsp3) is 0.280. The molecule has 4 heteroatoms. The highest BCUT2D eigenvalue weighted by molar-refractivity contribution is 7.81. The van der Waals surface area contributed by atoms with E-state index in [0.29, 0.717) is 6.04 Å². The maximum atomic E-state index is 3.98. The van der Waals surface area contributed by atoms with Gasteiger partial charge >= 0.3 is 0 Å². The van der Waals surface area contributed by atoms with Gasteiger partial charge in [0.2, 0.25) is 0 Å². The van der Waals surface area contributed by atoms with Gasteiger partial charge in [0.05, 0.1) is 8.22 Å². The summed E-state index contributed by atoms with van der Waals surface area (Å²) in [6.45, 7) is 11.4. The molecule has 3 rings (SSSR count). The average Bonchev–Trinajstić information content (AvgIpc) is 2.71. The molecule has 1 atom stereocenters. The summed E-state index contributed by atoms with van der Waals surface area (Å²) in [6, 6.07) is 33.3. The van der Waals surface area contributed by atoms with Crippen LogP contribution in [0, 0.1) is 0 Å². The Balaban J connectivity index is 2.16. The highest BCUT2D eigenvalue weighted by Gasteiger charge is 2.34. The Bertz CT molecular complexity index is 822. The number of rotatable bonds is 7. The van der Waals surface area contributed by atoms with Crippen LogP contribution in [0.1, 0.15) is 34.6 Å². The second-order valence-corrected chi connectivity index (χ2v) is 12.6. The molecule has 0 saturated heterocycles. The predicted molar refractivity (Wildman–Crippen MR) is 132 cm³/mol. The summed E-state index contributed by atoms with van der Waals surface area (Å²) in [5, 5.41) is 8.13. The smallest absolute Gasteiger partial charge is 0.0745 e. The molecule has 0 fully saturated rings. The Labute approximate surface area is 179 Å². The van der Waals surface area contributed by atoms with Gasteiger partial charge in [-0.3, -0.25) is 5.09 Å². The van der Waals surface area contributed by atoms with Gasteiger partial charge in [0.25, 0.3) is 0 Å². The first-order chi connectivity index (χ1) is 13.9. The lowest BCUT2D eigenvalue weighted by molar-refractivity contribution is 0.502. The Morgan fingerprint density at radius 1 is 0.655 bits per heavy atom. The molecule has 0 saturated carbocycles. The van der Waals surface area contributed by atoms with Crippen LogP contribution in [-0.4, -0.2) is 16.0 Å². The molecule has 0 amide bonds. The Morgan fingerprint density at radius 2 is 1.03 bits per heavy atom. The summed E-state index contributed by atoms with van der Waals surface area (Å²) in [4.78, 5) is 0. The van der Waals surface area contributed by atoms with Crippen LogP contribution in [0.3, 0.4) is 0 Å². The summed E-state index contributed by atoms with van der Waals surface area (Å²) >= 11 is 0. The van der Waals surface area contributed by atoms with E-state index >= 15 is 0 Å². The molecule has 1 N–H and O–H groups in total. The van der Waals surface area contributed by atoms with Crippen LogP contribution < -0.4 is 21.0 Å². The van der Waals surface area contributed by atoms with E-state index in [-0.39, 0.29) is 5.54 Å². The van der Waals surface area contributed by atoms with Crippen LogP contribution in [0.4, 0.5) is 0 Å². The lowest BCUT2D eigenvalue weighted by Crippen LogP contribution is -2.42. The SMILES string of the molecule is CC(C)N(P(NC(C)(C)C)c1ccccc1)P(c1ccccc1)c1ccccc1. The van der Waals surface area contributed by atoms with Crippen molar-refractivity contribution in [3.05, 3.63) is 91.0 Å². The summed E-state index contributed by atoms with van der Waals surface area (Å²) in [6.07, 6.45) is 0. The summed E-state index contributed by atoms with van der Waals surface area (Å²) in [7, 11) is -1.39. The quantitative estimate of drug-likeness (QED) is 0.486. The molecule has 0 bridgehead atoms. The zero-order valence-corrected chi connectivity index (χ0v) is 19.9. The number of nitrogens with zero attached hydrogens (tertiary/aromatic N) is 1. The minimum Gasteiger partial charge on any atom is -0.275 e. The second kappa shape index (κ2) is 9.96.